The monoisotopic (exact) mass is 515 g/mol. The fraction of sp³-hybridized carbons (Fsp3) is 0.630. The Morgan fingerprint density at radius 2 is 1.84 bits per heavy atom. The highest BCUT2D eigenvalue weighted by atomic mass is 16.6. The summed E-state index contributed by atoms with van der Waals surface area (Å²) >= 11 is 0. The number of benzene rings is 1. The van der Waals surface area contributed by atoms with Crippen molar-refractivity contribution in [1.29, 1.82) is 0 Å². The zero-order chi connectivity index (χ0) is 27.5. The van der Waals surface area contributed by atoms with E-state index in [1.165, 1.54) is 22.4 Å². The maximum atomic E-state index is 13.3. The number of carbonyl (C=O) groups excluding carboxylic acids is 4. The Bertz CT molecular complexity index is 1020. The highest BCUT2D eigenvalue weighted by Gasteiger charge is 2.41. The molecule has 1 fully saturated rings. The summed E-state index contributed by atoms with van der Waals surface area (Å²) in [6, 6.07) is 5.17. The van der Waals surface area contributed by atoms with E-state index in [1.54, 1.807) is 34.6 Å². The Hall–Kier alpha value is -3.14. The zero-order valence-electron chi connectivity index (χ0n) is 22.7. The third-order valence-corrected chi connectivity index (χ3v) is 6.98. The number of likely N-dealkylation sites (tertiary alicyclic amines) is 1. The first kappa shape index (κ1) is 28.4. The van der Waals surface area contributed by atoms with Crippen molar-refractivity contribution in [3.63, 3.8) is 0 Å². The summed E-state index contributed by atoms with van der Waals surface area (Å²) in [7, 11) is 1.47. The van der Waals surface area contributed by atoms with E-state index in [0.29, 0.717) is 6.42 Å². The number of nitrogens with zero attached hydrogens (tertiary/aromatic N) is 2. The molecule has 1 aliphatic carbocycles. The number of nitrogens with two attached hydrogens (primary N) is 1. The maximum absolute atomic E-state index is 13.3. The smallest absolute Gasteiger partial charge is 0.410 e. The van der Waals surface area contributed by atoms with E-state index in [0.717, 1.165) is 24.8 Å². The highest BCUT2D eigenvalue weighted by molar-refractivity contribution is 5.94. The molecule has 0 bridgehead atoms. The van der Waals surface area contributed by atoms with Crippen LogP contribution in [-0.2, 0) is 25.5 Å². The summed E-state index contributed by atoms with van der Waals surface area (Å²) in [5, 5.41) is 5.80. The van der Waals surface area contributed by atoms with E-state index in [-0.39, 0.29) is 24.5 Å². The average Bonchev–Trinajstić information content (AvgIpc) is 3.23. The lowest BCUT2D eigenvalue weighted by Crippen LogP contribution is -2.55. The van der Waals surface area contributed by atoms with Crippen LogP contribution in [0.3, 0.4) is 0 Å². The normalized spacial score (nSPS) is 22.9. The first-order valence-corrected chi connectivity index (χ1v) is 13.0. The van der Waals surface area contributed by atoms with Crippen LogP contribution >= 0.6 is 0 Å². The molecule has 0 spiro atoms. The number of hydrogen-bond acceptors (Lipinski definition) is 6. The molecule has 204 valence electrons. The number of ether oxygens (including phenoxy) is 1. The number of nitrogens with one attached hydrogen (secondary N) is 2. The first-order chi connectivity index (χ1) is 17.3. The van der Waals surface area contributed by atoms with Gasteiger partial charge in [-0.15, -0.1) is 0 Å². The van der Waals surface area contributed by atoms with Crippen molar-refractivity contribution in [3.05, 3.63) is 35.4 Å². The van der Waals surface area contributed by atoms with E-state index in [9.17, 15) is 19.2 Å². The van der Waals surface area contributed by atoms with E-state index in [2.05, 4.69) is 16.7 Å². The third-order valence-electron chi connectivity index (χ3n) is 6.98. The lowest BCUT2D eigenvalue weighted by molar-refractivity contribution is -0.141. The molecule has 1 aromatic rings. The number of likely N-dealkylation sites (N-methyl/N-ethyl adjacent to an activating group) is 1. The largest absolute Gasteiger partial charge is 0.444 e. The van der Waals surface area contributed by atoms with Crippen LogP contribution in [-0.4, -0.2) is 77.0 Å². The van der Waals surface area contributed by atoms with Crippen molar-refractivity contribution < 1.29 is 23.9 Å². The molecule has 2 aliphatic rings. The number of hydrogen-bond donors (Lipinski definition) is 3. The Morgan fingerprint density at radius 1 is 1.16 bits per heavy atom. The second-order valence-corrected chi connectivity index (χ2v) is 11.2. The van der Waals surface area contributed by atoms with Crippen molar-refractivity contribution in [2.24, 2.45) is 5.73 Å². The maximum Gasteiger partial charge on any atom is 0.410 e. The third kappa shape index (κ3) is 7.00. The summed E-state index contributed by atoms with van der Waals surface area (Å²) < 4.78 is 5.31. The van der Waals surface area contributed by atoms with E-state index in [4.69, 9.17) is 10.5 Å². The zero-order valence-corrected chi connectivity index (χ0v) is 22.7. The van der Waals surface area contributed by atoms with Gasteiger partial charge in [0.2, 0.25) is 17.7 Å². The lowest BCUT2D eigenvalue weighted by atomic mass is 9.87. The van der Waals surface area contributed by atoms with Gasteiger partial charge < -0.3 is 26.0 Å². The molecule has 3 rings (SSSR count). The molecule has 1 heterocycles. The lowest BCUT2D eigenvalue weighted by Gasteiger charge is -2.31. The van der Waals surface area contributed by atoms with Gasteiger partial charge in [0.05, 0.1) is 6.04 Å². The quantitative estimate of drug-likeness (QED) is 0.530. The van der Waals surface area contributed by atoms with E-state index in [1.807, 2.05) is 18.2 Å². The molecule has 10 heteroatoms. The van der Waals surface area contributed by atoms with Gasteiger partial charge in [-0.1, -0.05) is 24.3 Å². The van der Waals surface area contributed by atoms with Crippen LogP contribution in [0.15, 0.2) is 24.3 Å². The second kappa shape index (κ2) is 11.5. The van der Waals surface area contributed by atoms with Gasteiger partial charge >= 0.3 is 6.09 Å². The van der Waals surface area contributed by atoms with Crippen LogP contribution in [0.25, 0.3) is 0 Å². The van der Waals surface area contributed by atoms with Gasteiger partial charge in [-0.3, -0.25) is 19.3 Å². The van der Waals surface area contributed by atoms with Crippen molar-refractivity contribution >= 4 is 23.8 Å². The second-order valence-electron chi connectivity index (χ2n) is 11.2. The molecule has 0 saturated carbocycles. The predicted molar refractivity (Wildman–Crippen MR) is 139 cm³/mol. The molecule has 5 unspecified atom stereocenters. The van der Waals surface area contributed by atoms with Crippen LogP contribution < -0.4 is 16.4 Å². The number of amides is 4. The van der Waals surface area contributed by atoms with Crippen molar-refractivity contribution in [2.45, 2.75) is 96.1 Å². The van der Waals surface area contributed by atoms with Crippen LogP contribution in [0.2, 0.25) is 0 Å². The van der Waals surface area contributed by atoms with Crippen LogP contribution in [0, 0.1) is 0 Å². The summed E-state index contributed by atoms with van der Waals surface area (Å²) in [5.74, 6) is -1.13. The van der Waals surface area contributed by atoms with Crippen LogP contribution in [0.5, 0.6) is 0 Å². The topological polar surface area (TPSA) is 134 Å². The Balaban J connectivity index is 1.62. The molecular formula is C27H41N5O5. The Morgan fingerprint density at radius 3 is 2.51 bits per heavy atom. The van der Waals surface area contributed by atoms with Crippen molar-refractivity contribution in [3.8, 4) is 0 Å². The molecule has 4 amide bonds. The average molecular weight is 516 g/mol. The molecule has 1 aromatic carbocycles. The summed E-state index contributed by atoms with van der Waals surface area (Å²) in [5.41, 5.74) is 7.80. The minimum Gasteiger partial charge on any atom is -0.444 e. The van der Waals surface area contributed by atoms with Gasteiger partial charge in [-0.25, -0.2) is 4.79 Å². The summed E-state index contributed by atoms with van der Waals surface area (Å²) in [6.07, 6.45) is 2.52. The molecule has 5 atom stereocenters. The Labute approximate surface area is 219 Å². The van der Waals surface area contributed by atoms with Gasteiger partial charge in [0.1, 0.15) is 23.7 Å². The molecule has 0 radical (unpaired) electrons. The molecule has 0 aromatic heterocycles. The van der Waals surface area contributed by atoms with Gasteiger partial charge in [-0.05, 0) is 71.4 Å². The van der Waals surface area contributed by atoms with Crippen molar-refractivity contribution in [2.75, 3.05) is 13.6 Å². The van der Waals surface area contributed by atoms with Crippen LogP contribution in [0.4, 0.5) is 4.79 Å². The summed E-state index contributed by atoms with van der Waals surface area (Å²) in [4.78, 5) is 54.4. The molecule has 1 aliphatic heterocycles. The molecule has 10 nitrogen and oxygen atoms in total. The van der Waals surface area contributed by atoms with Crippen LogP contribution in [0.1, 0.15) is 71.0 Å². The molecule has 4 N–H and O–H groups in total. The van der Waals surface area contributed by atoms with Gasteiger partial charge in [0.15, 0.2) is 0 Å². The fourth-order valence-electron chi connectivity index (χ4n) is 4.84. The van der Waals surface area contributed by atoms with E-state index < -0.39 is 41.6 Å². The van der Waals surface area contributed by atoms with E-state index >= 15 is 0 Å². The summed E-state index contributed by atoms with van der Waals surface area (Å²) in [6.45, 7) is 8.57. The van der Waals surface area contributed by atoms with Gasteiger partial charge in [0.25, 0.3) is 0 Å². The minimum atomic E-state index is -0.905. The Kier molecular flexibility index (Phi) is 8.84. The minimum absolute atomic E-state index is 0.104. The molecular weight excluding hydrogens is 474 g/mol. The first-order valence-electron chi connectivity index (χ1n) is 13.0. The standard InChI is InChI=1S/C27H41N5O5/c1-16(29-23(33)17(2)31(6)26(36)37-27(3,4)5)25(35)32-15-19(28)14-22(32)24(34)30-21-13-9-11-18-10-7-8-12-20(18)21/h7-8,10,12,16-17,19,21-22H,9,11,13-15,28H2,1-6H3,(H,29,33)(H,30,34). The SMILES string of the molecule is CC(NC(=O)C(C)N(C)C(=O)OC(C)(C)C)C(=O)N1CC(N)CC1C(=O)NC1CCCc2ccccc21. The number of carbonyl (C=O) groups is 4. The molecule has 37 heavy (non-hydrogen) atoms. The number of aryl methyl sites for hydroxylation is 1. The highest BCUT2D eigenvalue weighted by Crippen LogP contribution is 2.30. The number of fused-ring (bicyclic) bond motifs is 1. The molecule has 1 saturated heterocycles. The fourth-order valence-corrected chi connectivity index (χ4v) is 4.84. The number of rotatable bonds is 6. The van der Waals surface area contributed by atoms with Gasteiger partial charge in [0, 0.05) is 19.6 Å². The predicted octanol–water partition coefficient (Wildman–Crippen LogP) is 1.87. The van der Waals surface area contributed by atoms with Gasteiger partial charge in [-0.2, -0.15) is 0 Å². The van der Waals surface area contributed by atoms with Crippen molar-refractivity contribution in [1.82, 2.24) is 20.4 Å².